The van der Waals surface area contributed by atoms with Gasteiger partial charge >= 0.3 is 11.9 Å². The predicted molar refractivity (Wildman–Crippen MR) is 184 cm³/mol. The van der Waals surface area contributed by atoms with Crippen LogP contribution in [0.1, 0.15) is 60.3 Å². The number of halogens is 3. The predicted octanol–water partition coefficient (Wildman–Crippen LogP) is 7.59. The lowest BCUT2D eigenvalue weighted by Crippen LogP contribution is -2.14. The number of rotatable bonds is 7. The minimum atomic E-state index is -1.08. The average molecular weight is 721 g/mol. The first-order valence-corrected chi connectivity index (χ1v) is 16.1. The Morgan fingerprint density at radius 1 is 0.804 bits per heavy atom. The molecule has 0 fully saturated rings. The molecule has 0 aliphatic heterocycles. The second-order valence-electron chi connectivity index (χ2n) is 11.7. The molecular formula is C37H31F3N2O8S. The van der Waals surface area contributed by atoms with Crippen LogP contribution < -0.4 is 4.74 Å². The van der Waals surface area contributed by atoms with E-state index in [1.165, 1.54) is 58.8 Å². The maximum atomic E-state index is 14.2. The van der Waals surface area contributed by atoms with Gasteiger partial charge in [-0.25, -0.2) is 13.2 Å². The van der Waals surface area contributed by atoms with Gasteiger partial charge in [-0.05, 0) is 87.4 Å². The Labute approximate surface area is 292 Å². The first kappa shape index (κ1) is 36.4. The third-order valence-corrected chi connectivity index (χ3v) is 9.50. The summed E-state index contributed by atoms with van der Waals surface area (Å²) in [5.74, 6) is -6.57. The van der Waals surface area contributed by atoms with Crippen molar-refractivity contribution in [1.82, 2.24) is 9.13 Å². The standard InChI is InChI=1S/C19H15F2NO4.C18H16FNO4S/c1-10-13(8-18(23)24)14-7-17(26-2)15(21)9-16(14)22(10)19(25)11-3-5-12(20)6-4-11;1-8-4-5-15(25-8)17(22)20-10(3)16(9(2)18(23)24)11-6-14(21)12(19)7-13(11)20/h3-7,9H,8H2,1-2H3,(H,23,24);4-7,9,21H,1-3H3,(H,23,24). The molecule has 0 aliphatic rings. The maximum Gasteiger partial charge on any atom is 0.310 e. The lowest BCUT2D eigenvalue weighted by molar-refractivity contribution is -0.138. The van der Waals surface area contributed by atoms with Crippen LogP contribution in [0.15, 0.2) is 60.7 Å². The molecule has 10 nitrogen and oxygen atoms in total. The smallest absolute Gasteiger partial charge is 0.310 e. The molecule has 0 radical (unpaired) electrons. The van der Waals surface area contributed by atoms with E-state index in [2.05, 4.69) is 0 Å². The second-order valence-corrected chi connectivity index (χ2v) is 13.0. The molecule has 14 heteroatoms. The Kier molecular flexibility index (Phi) is 10.1. The van der Waals surface area contributed by atoms with E-state index in [0.29, 0.717) is 38.2 Å². The number of ether oxygens (including phenoxy) is 1. The molecule has 3 aromatic heterocycles. The van der Waals surface area contributed by atoms with Crippen LogP contribution in [0.3, 0.4) is 0 Å². The fourth-order valence-electron chi connectivity index (χ4n) is 6.03. The highest BCUT2D eigenvalue weighted by Gasteiger charge is 2.28. The highest BCUT2D eigenvalue weighted by atomic mass is 32.1. The molecule has 1 atom stereocenters. The van der Waals surface area contributed by atoms with Gasteiger partial charge in [0.05, 0.1) is 35.4 Å². The average Bonchev–Trinajstić information content (AvgIpc) is 3.71. The molecule has 0 bridgehead atoms. The molecule has 3 aromatic carbocycles. The number of aromatic nitrogens is 2. The second kappa shape index (κ2) is 14.2. The molecule has 264 valence electrons. The van der Waals surface area contributed by atoms with Gasteiger partial charge in [0.15, 0.2) is 23.1 Å². The number of methoxy groups -OCH3 is 1. The number of carboxylic acids is 2. The SMILES string of the molecule is COc1cc2c(CC(=O)O)c(C)n(C(=O)c3ccc(F)cc3)c2cc1F.Cc1ccc(C(=O)n2c(C)c(C(C)C(=O)O)c3cc(O)c(F)cc32)s1. The highest BCUT2D eigenvalue weighted by molar-refractivity contribution is 7.14. The van der Waals surface area contributed by atoms with Crippen molar-refractivity contribution in [3.05, 3.63) is 116 Å². The fourth-order valence-corrected chi connectivity index (χ4v) is 6.83. The number of carboxylic acid groups (broad SMARTS) is 2. The number of hydrogen-bond acceptors (Lipinski definition) is 7. The number of aryl methyl sites for hydroxylation is 1. The van der Waals surface area contributed by atoms with E-state index >= 15 is 0 Å². The van der Waals surface area contributed by atoms with Crippen molar-refractivity contribution in [3.8, 4) is 11.5 Å². The Morgan fingerprint density at radius 3 is 1.98 bits per heavy atom. The molecule has 51 heavy (non-hydrogen) atoms. The van der Waals surface area contributed by atoms with E-state index in [0.717, 1.165) is 29.1 Å². The van der Waals surface area contributed by atoms with E-state index in [1.807, 2.05) is 13.0 Å². The highest BCUT2D eigenvalue weighted by Crippen LogP contribution is 2.37. The number of nitrogens with zero attached hydrogens (tertiary/aromatic N) is 2. The van der Waals surface area contributed by atoms with Crippen molar-refractivity contribution < 1.29 is 52.4 Å². The molecule has 1 unspecified atom stereocenters. The number of hydrogen-bond donors (Lipinski definition) is 3. The van der Waals surface area contributed by atoms with Crippen LogP contribution in [0.4, 0.5) is 13.2 Å². The molecule has 0 amide bonds. The van der Waals surface area contributed by atoms with Crippen molar-refractivity contribution >= 4 is 56.9 Å². The lowest BCUT2D eigenvalue weighted by atomic mass is 9.98. The van der Waals surface area contributed by atoms with Crippen LogP contribution in [0.5, 0.6) is 11.5 Å². The molecule has 0 spiro atoms. The van der Waals surface area contributed by atoms with Crippen molar-refractivity contribution in [2.75, 3.05) is 7.11 Å². The Hall–Kier alpha value is -5.89. The van der Waals surface area contributed by atoms with Gasteiger partial charge in [-0.1, -0.05) is 0 Å². The summed E-state index contributed by atoms with van der Waals surface area (Å²) in [5.41, 5.74) is 2.25. The third kappa shape index (κ3) is 6.82. The van der Waals surface area contributed by atoms with Crippen LogP contribution in [0.25, 0.3) is 21.8 Å². The van der Waals surface area contributed by atoms with Gasteiger partial charge in [-0.15, -0.1) is 11.3 Å². The number of thiophene rings is 1. The first-order chi connectivity index (χ1) is 24.0. The summed E-state index contributed by atoms with van der Waals surface area (Å²) in [4.78, 5) is 50.0. The van der Waals surface area contributed by atoms with E-state index in [9.17, 15) is 47.7 Å². The normalized spacial score (nSPS) is 11.7. The molecule has 0 saturated carbocycles. The molecule has 0 aliphatic carbocycles. The zero-order chi connectivity index (χ0) is 37.5. The summed E-state index contributed by atoms with van der Waals surface area (Å²) < 4.78 is 48.8. The number of phenolic OH excluding ortho intramolecular Hbond substituents is 1. The Bertz CT molecular complexity index is 2370. The molecule has 3 heterocycles. The van der Waals surface area contributed by atoms with Crippen molar-refractivity contribution in [2.24, 2.45) is 0 Å². The summed E-state index contributed by atoms with van der Waals surface area (Å²) in [5, 5.41) is 29.0. The topological polar surface area (TPSA) is 148 Å². The number of carbonyl (C=O) groups excluding carboxylic acids is 2. The monoisotopic (exact) mass is 720 g/mol. The lowest BCUT2D eigenvalue weighted by Gasteiger charge is -2.08. The van der Waals surface area contributed by atoms with Gasteiger partial charge in [0.1, 0.15) is 5.82 Å². The van der Waals surface area contributed by atoms with Crippen molar-refractivity contribution in [3.63, 3.8) is 0 Å². The van der Waals surface area contributed by atoms with Crippen LogP contribution in [0.2, 0.25) is 0 Å². The van der Waals surface area contributed by atoms with Crippen molar-refractivity contribution in [1.29, 1.82) is 0 Å². The van der Waals surface area contributed by atoms with Crippen molar-refractivity contribution in [2.45, 2.75) is 40.0 Å². The summed E-state index contributed by atoms with van der Waals surface area (Å²) in [6.07, 6.45) is -0.333. The third-order valence-electron chi connectivity index (χ3n) is 8.51. The number of aliphatic carboxylic acids is 2. The van der Waals surface area contributed by atoms with Crippen LogP contribution in [-0.4, -0.2) is 55.3 Å². The van der Waals surface area contributed by atoms with Crippen LogP contribution in [-0.2, 0) is 16.0 Å². The van der Waals surface area contributed by atoms with Gasteiger partial charge in [0.2, 0.25) is 0 Å². The summed E-state index contributed by atoms with van der Waals surface area (Å²) in [7, 11) is 1.30. The zero-order valence-corrected chi connectivity index (χ0v) is 28.7. The zero-order valence-electron chi connectivity index (χ0n) is 27.9. The largest absolute Gasteiger partial charge is 0.505 e. The number of fused-ring (bicyclic) bond motifs is 2. The minimum Gasteiger partial charge on any atom is -0.505 e. The van der Waals surface area contributed by atoms with E-state index in [1.54, 1.807) is 19.9 Å². The summed E-state index contributed by atoms with van der Waals surface area (Å²) in [6.45, 7) is 6.58. The first-order valence-electron chi connectivity index (χ1n) is 15.3. The van der Waals surface area contributed by atoms with E-state index in [-0.39, 0.29) is 34.7 Å². The molecule has 0 saturated heterocycles. The number of phenols is 1. The van der Waals surface area contributed by atoms with E-state index < -0.39 is 47.0 Å². The Morgan fingerprint density at radius 2 is 1.41 bits per heavy atom. The molecule has 6 rings (SSSR count). The van der Waals surface area contributed by atoms with Gasteiger partial charge in [-0.3, -0.25) is 28.3 Å². The fraction of sp³-hybridized carbons (Fsp3) is 0.189. The van der Waals surface area contributed by atoms with Gasteiger partial charge in [0, 0.05) is 44.7 Å². The maximum absolute atomic E-state index is 14.2. The van der Waals surface area contributed by atoms with Crippen LogP contribution >= 0.6 is 11.3 Å². The van der Waals surface area contributed by atoms with Gasteiger partial charge in [-0.2, -0.15) is 0 Å². The molecule has 3 N–H and O–H groups in total. The van der Waals surface area contributed by atoms with E-state index in [4.69, 9.17) is 4.74 Å². The number of carbonyl (C=O) groups is 4. The van der Waals surface area contributed by atoms with Crippen LogP contribution in [0, 0.1) is 38.2 Å². The Balaban J connectivity index is 0.000000198. The minimum absolute atomic E-state index is 0.0458. The molecular weight excluding hydrogens is 689 g/mol. The van der Waals surface area contributed by atoms with Gasteiger partial charge in [0.25, 0.3) is 11.8 Å². The summed E-state index contributed by atoms with van der Waals surface area (Å²) >= 11 is 1.31. The summed E-state index contributed by atoms with van der Waals surface area (Å²) in [6, 6.07) is 13.2. The number of aromatic hydroxyl groups is 1. The van der Waals surface area contributed by atoms with Gasteiger partial charge < -0.3 is 20.1 Å². The number of benzene rings is 3. The molecule has 6 aromatic rings. The quantitative estimate of drug-likeness (QED) is 0.153.